The lowest BCUT2D eigenvalue weighted by atomic mass is 9.92. The molecule has 3 aromatic carbocycles. The number of hydrogen-bond acceptors (Lipinski definition) is 10. The Morgan fingerprint density at radius 1 is 0.868 bits per heavy atom. The summed E-state index contributed by atoms with van der Waals surface area (Å²) in [5.41, 5.74) is 3.63. The highest BCUT2D eigenvalue weighted by atomic mass is 32.2. The van der Waals surface area contributed by atoms with E-state index in [4.69, 9.17) is 9.47 Å². The second-order valence-corrected chi connectivity index (χ2v) is 15.3. The molecular formula is C42H44N4O6S. The number of nitrogens with one attached hydrogen (secondary N) is 1. The summed E-state index contributed by atoms with van der Waals surface area (Å²) < 4.78 is 12.6. The van der Waals surface area contributed by atoms with Crippen LogP contribution in [0.4, 0.5) is 5.69 Å². The number of benzene rings is 3. The van der Waals surface area contributed by atoms with Crippen molar-refractivity contribution in [2.45, 2.75) is 37.1 Å². The van der Waals surface area contributed by atoms with Gasteiger partial charge in [0.25, 0.3) is 5.91 Å². The Labute approximate surface area is 314 Å². The summed E-state index contributed by atoms with van der Waals surface area (Å²) in [5, 5.41) is 13.7. The number of ether oxygens (including phenoxy) is 2. The van der Waals surface area contributed by atoms with Gasteiger partial charge in [0.05, 0.1) is 23.3 Å². The smallest absolute Gasteiger partial charge is 0.255 e. The van der Waals surface area contributed by atoms with Crippen molar-refractivity contribution >= 4 is 39.8 Å². The van der Waals surface area contributed by atoms with Crippen LogP contribution in [0.1, 0.15) is 40.7 Å². The maximum atomic E-state index is 13.2. The third kappa shape index (κ3) is 7.78. The summed E-state index contributed by atoms with van der Waals surface area (Å²) in [6, 6.07) is 23.3. The Kier molecular flexibility index (Phi) is 10.4. The highest BCUT2D eigenvalue weighted by Gasteiger charge is 2.40. The monoisotopic (exact) mass is 732 g/mol. The van der Waals surface area contributed by atoms with Crippen LogP contribution in [0.2, 0.25) is 0 Å². The molecule has 274 valence electrons. The van der Waals surface area contributed by atoms with Crippen molar-refractivity contribution in [2.75, 3.05) is 57.7 Å². The number of carbonyl (C=O) groups excluding carboxylic acids is 3. The summed E-state index contributed by atoms with van der Waals surface area (Å²) >= 11 is 1.72. The molecule has 0 radical (unpaired) electrons. The molecule has 2 fully saturated rings. The molecular weight excluding hydrogens is 689 g/mol. The van der Waals surface area contributed by atoms with Crippen LogP contribution >= 0.6 is 11.8 Å². The lowest BCUT2D eigenvalue weighted by Crippen LogP contribution is -2.48. The normalized spacial score (nSPS) is 23.2. The van der Waals surface area contributed by atoms with E-state index < -0.39 is 6.04 Å². The van der Waals surface area contributed by atoms with Crippen molar-refractivity contribution in [3.8, 4) is 11.5 Å². The Bertz CT molecular complexity index is 1950. The standard InChI is InChI=1S/C42H44N4O6S/c47-29-10-16-37(38(49)25-29)46-27-35-33(42(46)50)7-4-8-36(35)43-17-18-44-19-21-45(22-20-44)23-24-51-31-11-13-32(14-12-31)52-40-34-15-9-30(48)26-39(34)53-41(40)28-5-2-1-3-6-28/h1-9,11-15,26,34,37,39,43,48H,10,16-25,27H2. The third-order valence-electron chi connectivity index (χ3n) is 10.7. The molecule has 2 N–H and O–H groups in total. The number of Topliss-reactive ketones (excluding diaryl/α,β-unsaturated/α-hetero) is 2. The van der Waals surface area contributed by atoms with Crippen molar-refractivity contribution < 1.29 is 29.0 Å². The molecule has 2 aliphatic carbocycles. The number of hydrogen-bond donors (Lipinski definition) is 2. The molecule has 1 saturated heterocycles. The summed E-state index contributed by atoms with van der Waals surface area (Å²) in [4.78, 5) is 45.1. The molecule has 3 aliphatic heterocycles. The van der Waals surface area contributed by atoms with E-state index in [-0.39, 0.29) is 35.1 Å². The zero-order valence-electron chi connectivity index (χ0n) is 29.6. The van der Waals surface area contributed by atoms with Gasteiger partial charge in [-0.25, -0.2) is 0 Å². The van der Waals surface area contributed by atoms with Gasteiger partial charge in [-0.15, -0.1) is 11.8 Å². The number of aliphatic hydroxyl groups is 1. The summed E-state index contributed by atoms with van der Waals surface area (Å²) in [7, 11) is 0. The first kappa shape index (κ1) is 35.2. The number of nitrogens with zero attached hydrogens (tertiary/aromatic N) is 3. The van der Waals surface area contributed by atoms with Gasteiger partial charge in [-0.2, -0.15) is 0 Å². The van der Waals surface area contributed by atoms with Crippen molar-refractivity contribution in [3.63, 3.8) is 0 Å². The minimum Gasteiger partial charge on any atom is -0.508 e. The molecule has 1 saturated carbocycles. The molecule has 3 unspecified atom stereocenters. The van der Waals surface area contributed by atoms with Gasteiger partial charge in [-0.3, -0.25) is 24.2 Å². The van der Waals surface area contributed by atoms with E-state index in [0.29, 0.717) is 37.3 Å². The van der Waals surface area contributed by atoms with Gasteiger partial charge in [-0.05, 0) is 60.5 Å². The molecule has 8 rings (SSSR count). The quantitative estimate of drug-likeness (QED) is 0.218. The van der Waals surface area contributed by atoms with E-state index in [1.165, 1.54) is 0 Å². The molecule has 3 aromatic rings. The number of ketones is 2. The van der Waals surface area contributed by atoms with E-state index in [9.17, 15) is 19.5 Å². The van der Waals surface area contributed by atoms with Gasteiger partial charge in [0.2, 0.25) is 0 Å². The summed E-state index contributed by atoms with van der Waals surface area (Å²) in [6.45, 7) is 7.39. The maximum absolute atomic E-state index is 13.2. The maximum Gasteiger partial charge on any atom is 0.255 e. The second-order valence-electron chi connectivity index (χ2n) is 14.2. The minimum atomic E-state index is -0.506. The number of aliphatic hydroxyl groups excluding tert-OH is 1. The van der Waals surface area contributed by atoms with E-state index in [1.807, 2.05) is 72.8 Å². The van der Waals surface area contributed by atoms with Gasteiger partial charge in [0, 0.05) is 80.8 Å². The van der Waals surface area contributed by atoms with Crippen LogP contribution in [-0.4, -0.2) is 101 Å². The van der Waals surface area contributed by atoms with Crippen molar-refractivity contribution in [1.29, 1.82) is 0 Å². The molecule has 1 amide bonds. The minimum absolute atomic E-state index is 0.0347. The van der Waals surface area contributed by atoms with Gasteiger partial charge in [-0.1, -0.05) is 42.5 Å². The van der Waals surface area contributed by atoms with E-state index in [0.717, 1.165) is 84.8 Å². The molecule has 0 bridgehead atoms. The number of carbonyl (C=O) groups is 3. The van der Waals surface area contributed by atoms with Crippen LogP contribution in [0.15, 0.2) is 103 Å². The van der Waals surface area contributed by atoms with Crippen molar-refractivity contribution in [1.82, 2.24) is 14.7 Å². The first-order chi connectivity index (χ1) is 25.9. The largest absolute Gasteiger partial charge is 0.508 e. The summed E-state index contributed by atoms with van der Waals surface area (Å²) in [6.07, 6.45) is 6.37. The zero-order chi connectivity index (χ0) is 36.3. The Balaban J connectivity index is 0.771. The highest BCUT2D eigenvalue weighted by Crippen LogP contribution is 2.50. The van der Waals surface area contributed by atoms with Crippen molar-refractivity contribution in [3.05, 3.63) is 119 Å². The average Bonchev–Trinajstić information content (AvgIpc) is 3.70. The first-order valence-electron chi connectivity index (χ1n) is 18.5. The number of thioether (sulfide) groups is 1. The molecule has 5 aliphatic rings. The lowest BCUT2D eigenvalue weighted by molar-refractivity contribution is -0.133. The lowest BCUT2D eigenvalue weighted by Gasteiger charge is -2.34. The van der Waals surface area contributed by atoms with Crippen molar-refractivity contribution in [2.24, 2.45) is 5.92 Å². The molecule has 0 spiro atoms. The number of amides is 1. The van der Waals surface area contributed by atoms with Crippen LogP contribution in [-0.2, 0) is 16.1 Å². The molecule has 3 heterocycles. The number of anilines is 1. The van der Waals surface area contributed by atoms with E-state index in [2.05, 4.69) is 27.2 Å². The second kappa shape index (κ2) is 15.6. The molecule has 3 atom stereocenters. The Morgan fingerprint density at radius 2 is 1.62 bits per heavy atom. The number of fused-ring (bicyclic) bond motifs is 2. The Morgan fingerprint density at radius 3 is 2.40 bits per heavy atom. The predicted molar refractivity (Wildman–Crippen MR) is 206 cm³/mol. The summed E-state index contributed by atoms with van der Waals surface area (Å²) in [5.74, 6) is 2.50. The first-order valence-corrected chi connectivity index (χ1v) is 19.4. The zero-order valence-corrected chi connectivity index (χ0v) is 30.4. The molecule has 53 heavy (non-hydrogen) atoms. The molecule has 10 nitrogen and oxygen atoms in total. The fourth-order valence-corrected chi connectivity index (χ4v) is 9.22. The SMILES string of the molecule is O=C1CCC(N2Cc3c(NCCN4CCN(CCOc5ccc(OC6=C(c7ccccc7)SC7C=C(O)C=CC67)cc5)CC4)cccc3C2=O)C(=O)C1. The number of allylic oxidation sites excluding steroid dienone is 2. The highest BCUT2D eigenvalue weighted by molar-refractivity contribution is 8.09. The van der Waals surface area contributed by atoms with Gasteiger partial charge in [0.1, 0.15) is 35.4 Å². The van der Waals surface area contributed by atoms with Crippen LogP contribution in [0.3, 0.4) is 0 Å². The number of rotatable bonds is 12. The average molecular weight is 733 g/mol. The van der Waals surface area contributed by atoms with E-state index >= 15 is 0 Å². The molecule has 11 heteroatoms. The van der Waals surface area contributed by atoms with E-state index in [1.54, 1.807) is 22.7 Å². The van der Waals surface area contributed by atoms with Crippen LogP contribution in [0, 0.1) is 5.92 Å². The fourth-order valence-electron chi connectivity index (χ4n) is 7.81. The topological polar surface area (TPSA) is 112 Å². The molecule has 0 aromatic heterocycles. The van der Waals surface area contributed by atoms with Gasteiger partial charge >= 0.3 is 0 Å². The van der Waals surface area contributed by atoms with Gasteiger partial charge in [0.15, 0.2) is 5.78 Å². The Hall–Kier alpha value is -4.84. The van der Waals surface area contributed by atoms with Crippen LogP contribution in [0.5, 0.6) is 11.5 Å². The van der Waals surface area contributed by atoms with Gasteiger partial charge < -0.3 is 24.8 Å². The van der Waals surface area contributed by atoms with Crippen LogP contribution in [0.25, 0.3) is 4.91 Å². The fraction of sp³-hybridized carbons (Fsp3) is 0.357. The van der Waals surface area contributed by atoms with Crippen LogP contribution < -0.4 is 14.8 Å². The predicted octanol–water partition coefficient (Wildman–Crippen LogP) is 5.93. The number of piperazine rings is 1. The third-order valence-corrected chi connectivity index (χ3v) is 12.1.